The molecule has 1 amide bonds. The van der Waals surface area contributed by atoms with Crippen LogP contribution in [0.25, 0.3) is 0 Å². The van der Waals surface area contributed by atoms with Gasteiger partial charge in [0.05, 0.1) is 9.82 Å². The lowest BCUT2D eigenvalue weighted by Crippen LogP contribution is -2.47. The minimum absolute atomic E-state index is 0.147. The summed E-state index contributed by atoms with van der Waals surface area (Å²) in [6.45, 7) is 2.33. The first-order valence-electron chi connectivity index (χ1n) is 9.04. The molecule has 0 spiro atoms. The Labute approximate surface area is 158 Å². The van der Waals surface area contributed by atoms with E-state index < -0.39 is 21.0 Å². The van der Waals surface area contributed by atoms with Crippen LogP contribution in [0.4, 0.5) is 5.69 Å². The van der Waals surface area contributed by atoms with Gasteiger partial charge in [0.25, 0.3) is 5.69 Å². The predicted octanol–water partition coefficient (Wildman–Crippen LogP) is 0.816. The predicted molar refractivity (Wildman–Crippen MR) is 98.6 cm³/mol. The minimum Gasteiger partial charge on any atom is -0.341 e. The van der Waals surface area contributed by atoms with E-state index in [1.807, 2.05) is 7.05 Å². The smallest absolute Gasteiger partial charge is 0.270 e. The molecule has 2 atom stereocenters. The number of carbonyl (C=O) groups is 1. The number of non-ortho nitro benzene ring substituents is 1. The van der Waals surface area contributed by atoms with Crippen LogP contribution < -0.4 is 5.32 Å². The van der Waals surface area contributed by atoms with Gasteiger partial charge in [-0.05, 0) is 44.8 Å². The third kappa shape index (κ3) is 3.97. The van der Waals surface area contributed by atoms with Gasteiger partial charge < -0.3 is 10.2 Å². The first-order valence-corrected chi connectivity index (χ1v) is 10.5. The van der Waals surface area contributed by atoms with E-state index in [1.54, 1.807) is 4.90 Å². The number of likely N-dealkylation sites (tertiary alicyclic amines) is 1. The summed E-state index contributed by atoms with van der Waals surface area (Å²) in [6, 6.07) is 4.25. The normalized spacial score (nSPS) is 23.7. The summed E-state index contributed by atoms with van der Waals surface area (Å²) in [5.74, 6) is 0.210. The number of nitrogens with zero attached hydrogens (tertiary/aromatic N) is 3. The number of amides is 1. The molecule has 2 heterocycles. The second-order valence-electron chi connectivity index (χ2n) is 7.02. The fourth-order valence-electron chi connectivity index (χ4n) is 3.87. The molecular formula is C17H24N4O5S. The fourth-order valence-corrected chi connectivity index (χ4v) is 5.56. The van der Waals surface area contributed by atoms with E-state index in [9.17, 15) is 23.3 Å². The minimum atomic E-state index is -3.97. The number of rotatable bonds is 6. The molecule has 2 saturated heterocycles. The molecule has 2 fully saturated rings. The van der Waals surface area contributed by atoms with Crippen LogP contribution in [0.15, 0.2) is 29.2 Å². The van der Waals surface area contributed by atoms with Crippen LogP contribution in [0.3, 0.4) is 0 Å². The van der Waals surface area contributed by atoms with Crippen molar-refractivity contribution < 1.29 is 18.1 Å². The molecule has 2 unspecified atom stereocenters. The molecule has 1 aromatic carbocycles. The lowest BCUT2D eigenvalue weighted by Gasteiger charge is -2.27. The Balaban J connectivity index is 1.80. The zero-order chi connectivity index (χ0) is 19.6. The highest BCUT2D eigenvalue weighted by Crippen LogP contribution is 2.30. The number of nitro benzene ring substituents is 1. The summed E-state index contributed by atoms with van der Waals surface area (Å²) in [6.07, 6.45) is 1.97. The molecule has 10 heteroatoms. The van der Waals surface area contributed by atoms with Gasteiger partial charge in [-0.25, -0.2) is 8.42 Å². The molecule has 1 aromatic rings. The lowest BCUT2D eigenvalue weighted by atomic mass is 10.1. The Bertz CT molecular complexity index is 828. The van der Waals surface area contributed by atoms with E-state index >= 15 is 0 Å². The van der Waals surface area contributed by atoms with Crippen LogP contribution in [-0.4, -0.2) is 67.7 Å². The van der Waals surface area contributed by atoms with Gasteiger partial charge in [-0.2, -0.15) is 4.31 Å². The molecule has 2 aliphatic heterocycles. The van der Waals surface area contributed by atoms with Crippen molar-refractivity contribution in [1.29, 1.82) is 0 Å². The van der Waals surface area contributed by atoms with Crippen molar-refractivity contribution in [3.8, 4) is 0 Å². The van der Waals surface area contributed by atoms with Gasteiger partial charge in [0.1, 0.15) is 6.04 Å². The second kappa shape index (κ2) is 7.91. The topological polar surface area (TPSA) is 113 Å². The summed E-state index contributed by atoms with van der Waals surface area (Å²) >= 11 is 0. The molecule has 0 bridgehead atoms. The van der Waals surface area contributed by atoms with E-state index in [0.717, 1.165) is 19.0 Å². The third-order valence-corrected chi connectivity index (χ3v) is 7.12. The first-order chi connectivity index (χ1) is 12.8. The van der Waals surface area contributed by atoms with Crippen molar-refractivity contribution in [2.45, 2.75) is 30.2 Å². The average Bonchev–Trinajstić information content (AvgIpc) is 3.31. The third-order valence-electron chi connectivity index (χ3n) is 5.21. The molecule has 0 saturated carbocycles. The first kappa shape index (κ1) is 19.7. The van der Waals surface area contributed by atoms with Crippen molar-refractivity contribution in [2.75, 3.05) is 33.2 Å². The van der Waals surface area contributed by atoms with Gasteiger partial charge in [0.15, 0.2) is 0 Å². The zero-order valence-electron chi connectivity index (χ0n) is 15.2. The summed E-state index contributed by atoms with van der Waals surface area (Å²) in [5, 5.41) is 14.1. The van der Waals surface area contributed by atoms with Gasteiger partial charge in [0, 0.05) is 31.8 Å². The highest BCUT2D eigenvalue weighted by atomic mass is 32.2. The fraction of sp³-hybridized carbons (Fsp3) is 0.588. The van der Waals surface area contributed by atoms with Gasteiger partial charge in [-0.15, -0.1) is 0 Å². The van der Waals surface area contributed by atoms with Crippen molar-refractivity contribution in [3.63, 3.8) is 0 Å². The largest absolute Gasteiger partial charge is 0.341 e. The number of benzene rings is 1. The Morgan fingerprint density at radius 2 is 2.11 bits per heavy atom. The van der Waals surface area contributed by atoms with Crippen molar-refractivity contribution in [1.82, 2.24) is 14.5 Å². The number of nitro groups is 1. The van der Waals surface area contributed by atoms with Gasteiger partial charge in [0.2, 0.25) is 15.9 Å². The van der Waals surface area contributed by atoms with E-state index in [4.69, 9.17) is 0 Å². The summed E-state index contributed by atoms with van der Waals surface area (Å²) in [5.41, 5.74) is -0.285. The van der Waals surface area contributed by atoms with Crippen molar-refractivity contribution in [3.05, 3.63) is 34.4 Å². The molecule has 0 radical (unpaired) electrons. The standard InChI is InChI=1S/C17H24N4O5S/c1-18-11-13-7-9-19(12-13)17(22)16-6-3-8-20(16)27(25,26)15-5-2-4-14(10-15)21(23)24/h2,4-5,10,13,16,18H,3,6-9,11-12H2,1H3. The maximum Gasteiger partial charge on any atom is 0.270 e. The molecule has 3 rings (SSSR count). The van der Waals surface area contributed by atoms with Crippen molar-refractivity contribution in [2.24, 2.45) is 5.92 Å². The highest BCUT2D eigenvalue weighted by Gasteiger charge is 2.42. The quantitative estimate of drug-likeness (QED) is 0.563. The van der Waals surface area contributed by atoms with Gasteiger partial charge >= 0.3 is 0 Å². The van der Waals surface area contributed by atoms with E-state index in [-0.39, 0.29) is 23.0 Å². The van der Waals surface area contributed by atoms with E-state index in [0.29, 0.717) is 31.8 Å². The van der Waals surface area contributed by atoms with Crippen LogP contribution in [0.1, 0.15) is 19.3 Å². The van der Waals surface area contributed by atoms with E-state index in [1.165, 1.54) is 22.5 Å². The van der Waals surface area contributed by atoms with Crippen molar-refractivity contribution >= 4 is 21.6 Å². The van der Waals surface area contributed by atoms with Crippen LogP contribution in [0, 0.1) is 16.0 Å². The Hall–Kier alpha value is -2.04. The second-order valence-corrected chi connectivity index (χ2v) is 8.92. The lowest BCUT2D eigenvalue weighted by molar-refractivity contribution is -0.385. The van der Waals surface area contributed by atoms with Crippen LogP contribution in [0.2, 0.25) is 0 Å². The Morgan fingerprint density at radius 1 is 1.33 bits per heavy atom. The van der Waals surface area contributed by atoms with E-state index in [2.05, 4.69) is 5.32 Å². The molecule has 2 aliphatic rings. The van der Waals surface area contributed by atoms with Gasteiger partial charge in [-0.3, -0.25) is 14.9 Å². The summed E-state index contributed by atoms with van der Waals surface area (Å²) in [7, 11) is -2.10. The number of hydrogen-bond acceptors (Lipinski definition) is 6. The van der Waals surface area contributed by atoms with Crippen LogP contribution in [0.5, 0.6) is 0 Å². The molecule has 27 heavy (non-hydrogen) atoms. The highest BCUT2D eigenvalue weighted by molar-refractivity contribution is 7.89. The average molecular weight is 396 g/mol. The van der Waals surface area contributed by atoms with Gasteiger partial charge in [-0.1, -0.05) is 6.07 Å². The summed E-state index contributed by atoms with van der Waals surface area (Å²) < 4.78 is 27.3. The number of nitrogens with one attached hydrogen (secondary N) is 1. The number of carbonyl (C=O) groups excluding carboxylic acids is 1. The summed E-state index contributed by atoms with van der Waals surface area (Å²) in [4.78, 5) is 24.9. The maximum absolute atomic E-state index is 13.0. The molecule has 148 valence electrons. The van der Waals surface area contributed by atoms with Crippen LogP contribution >= 0.6 is 0 Å². The Morgan fingerprint density at radius 3 is 2.81 bits per heavy atom. The monoisotopic (exact) mass is 396 g/mol. The zero-order valence-corrected chi connectivity index (χ0v) is 16.0. The number of hydrogen-bond donors (Lipinski definition) is 1. The molecule has 1 N–H and O–H groups in total. The molecular weight excluding hydrogens is 372 g/mol. The maximum atomic E-state index is 13.0. The Kier molecular flexibility index (Phi) is 5.78. The van der Waals surface area contributed by atoms with Crippen LogP contribution in [-0.2, 0) is 14.8 Å². The molecule has 0 aliphatic carbocycles. The molecule has 9 nitrogen and oxygen atoms in total. The number of sulfonamides is 1. The molecule has 0 aromatic heterocycles. The SMILES string of the molecule is CNCC1CCN(C(=O)C2CCCN2S(=O)(=O)c2cccc([N+](=O)[O-])c2)C1.